The van der Waals surface area contributed by atoms with Crippen molar-refractivity contribution >= 4 is 6.21 Å². The van der Waals surface area contributed by atoms with Gasteiger partial charge < -0.3 is 5.73 Å². The van der Waals surface area contributed by atoms with Crippen LogP contribution in [0.3, 0.4) is 0 Å². The minimum absolute atomic E-state index is 0.343. The summed E-state index contributed by atoms with van der Waals surface area (Å²) in [5.41, 5.74) is 10.6. The fourth-order valence-electron chi connectivity index (χ4n) is 2.29. The lowest BCUT2D eigenvalue weighted by atomic mass is 10.0. The first-order valence-corrected chi connectivity index (χ1v) is 7.32. The summed E-state index contributed by atoms with van der Waals surface area (Å²) < 4.78 is 0. The number of rotatable bonds is 4. The number of hydrogen-bond acceptors (Lipinski definition) is 2. The van der Waals surface area contributed by atoms with Crippen LogP contribution in [0.25, 0.3) is 11.1 Å². The molecule has 0 aliphatic heterocycles. The van der Waals surface area contributed by atoms with E-state index in [4.69, 9.17) is 5.73 Å². The van der Waals surface area contributed by atoms with Crippen molar-refractivity contribution in [2.24, 2.45) is 10.7 Å². The van der Waals surface area contributed by atoms with Gasteiger partial charge in [0.05, 0.1) is 0 Å². The summed E-state index contributed by atoms with van der Waals surface area (Å²) in [7, 11) is 0. The zero-order valence-electron chi connectivity index (χ0n) is 12.3. The van der Waals surface area contributed by atoms with Crippen molar-refractivity contribution in [2.75, 3.05) is 0 Å². The Morgan fingerprint density at radius 1 is 0.682 bits per heavy atom. The van der Waals surface area contributed by atoms with Gasteiger partial charge in [-0.1, -0.05) is 84.9 Å². The van der Waals surface area contributed by atoms with Gasteiger partial charge >= 0.3 is 0 Å². The van der Waals surface area contributed by atoms with Gasteiger partial charge in [-0.25, -0.2) is 0 Å². The van der Waals surface area contributed by atoms with Crippen LogP contribution in [0.4, 0.5) is 0 Å². The molecule has 2 nitrogen and oxygen atoms in total. The highest BCUT2D eigenvalue weighted by atomic mass is 14.9. The molecule has 0 aromatic heterocycles. The number of aliphatic imine (C=N–C) groups is 1. The van der Waals surface area contributed by atoms with E-state index in [2.05, 4.69) is 29.3 Å². The molecule has 108 valence electrons. The van der Waals surface area contributed by atoms with Gasteiger partial charge in [-0.3, -0.25) is 4.99 Å². The Balaban J connectivity index is 1.74. The average molecular weight is 286 g/mol. The van der Waals surface area contributed by atoms with Crippen LogP contribution in [0, 0.1) is 0 Å². The third kappa shape index (κ3) is 3.48. The second kappa shape index (κ2) is 6.83. The molecule has 0 aliphatic carbocycles. The average Bonchev–Trinajstić information content (AvgIpc) is 2.61. The normalized spacial score (nSPS) is 12.4. The molecule has 0 heterocycles. The van der Waals surface area contributed by atoms with Crippen LogP contribution >= 0.6 is 0 Å². The van der Waals surface area contributed by atoms with Crippen LogP contribution in [0.15, 0.2) is 89.9 Å². The Morgan fingerprint density at radius 2 is 1.23 bits per heavy atom. The smallest absolute Gasteiger partial charge is 0.123 e. The van der Waals surface area contributed by atoms with E-state index in [9.17, 15) is 0 Å². The molecule has 0 saturated carbocycles. The van der Waals surface area contributed by atoms with Gasteiger partial charge in [-0.15, -0.1) is 0 Å². The van der Waals surface area contributed by atoms with Gasteiger partial charge in [-0.05, 0) is 22.3 Å². The number of nitrogens with zero attached hydrogens (tertiary/aromatic N) is 1. The number of hydrogen-bond donors (Lipinski definition) is 1. The minimum Gasteiger partial charge on any atom is -0.306 e. The van der Waals surface area contributed by atoms with E-state index in [0.29, 0.717) is 0 Å². The molecule has 1 atom stereocenters. The summed E-state index contributed by atoms with van der Waals surface area (Å²) in [5, 5.41) is 0. The molecule has 2 N–H and O–H groups in total. The summed E-state index contributed by atoms with van der Waals surface area (Å²) in [6, 6.07) is 28.5. The van der Waals surface area contributed by atoms with Crippen molar-refractivity contribution in [3.8, 4) is 11.1 Å². The molecule has 3 aromatic carbocycles. The van der Waals surface area contributed by atoms with Gasteiger partial charge in [-0.2, -0.15) is 0 Å². The Kier molecular flexibility index (Phi) is 4.42. The second-order valence-corrected chi connectivity index (χ2v) is 5.12. The van der Waals surface area contributed by atoms with Crippen molar-refractivity contribution in [1.29, 1.82) is 0 Å². The van der Waals surface area contributed by atoms with E-state index in [-0.39, 0.29) is 6.17 Å². The molecule has 0 saturated heterocycles. The summed E-state index contributed by atoms with van der Waals surface area (Å²) in [6.07, 6.45) is 1.47. The summed E-state index contributed by atoms with van der Waals surface area (Å²) in [4.78, 5) is 4.42. The number of nitrogens with two attached hydrogens (primary N) is 1. The highest BCUT2D eigenvalue weighted by Gasteiger charge is 2.03. The predicted molar refractivity (Wildman–Crippen MR) is 92.8 cm³/mol. The van der Waals surface area contributed by atoms with Crippen molar-refractivity contribution in [3.05, 3.63) is 96.1 Å². The van der Waals surface area contributed by atoms with Crippen molar-refractivity contribution in [3.63, 3.8) is 0 Å². The number of benzene rings is 3. The fraction of sp³-hybridized carbons (Fsp3) is 0.0500. The molecule has 1 unspecified atom stereocenters. The predicted octanol–water partition coefficient (Wildman–Crippen LogP) is 4.43. The summed E-state index contributed by atoms with van der Waals surface area (Å²) in [6.45, 7) is 0. The molecule has 2 heteroatoms. The maximum atomic E-state index is 6.13. The van der Waals surface area contributed by atoms with Crippen LogP contribution in [0.1, 0.15) is 17.3 Å². The molecule has 0 fully saturated rings. The molecule has 0 amide bonds. The molecular formula is C20H18N2. The van der Waals surface area contributed by atoms with Crippen molar-refractivity contribution < 1.29 is 0 Å². The highest BCUT2D eigenvalue weighted by Crippen LogP contribution is 2.21. The van der Waals surface area contributed by atoms with Crippen LogP contribution in [-0.2, 0) is 0 Å². The first kappa shape index (κ1) is 14.2. The van der Waals surface area contributed by atoms with E-state index < -0.39 is 0 Å². The second-order valence-electron chi connectivity index (χ2n) is 5.12. The summed E-state index contributed by atoms with van der Waals surface area (Å²) in [5.74, 6) is 0. The fourth-order valence-corrected chi connectivity index (χ4v) is 2.29. The lowest BCUT2D eigenvalue weighted by molar-refractivity contribution is 0.781. The van der Waals surface area contributed by atoms with Gasteiger partial charge in [0.1, 0.15) is 6.17 Å². The lowest BCUT2D eigenvalue weighted by Gasteiger charge is -2.08. The molecule has 0 bridgehead atoms. The molecule has 0 radical (unpaired) electrons. The Labute approximate surface area is 131 Å². The monoisotopic (exact) mass is 286 g/mol. The highest BCUT2D eigenvalue weighted by molar-refractivity contribution is 5.79. The molecule has 0 aliphatic rings. The van der Waals surface area contributed by atoms with E-state index in [1.165, 1.54) is 11.1 Å². The van der Waals surface area contributed by atoms with E-state index in [0.717, 1.165) is 11.1 Å². The minimum atomic E-state index is -0.343. The molecule has 3 aromatic rings. The third-order valence-electron chi connectivity index (χ3n) is 3.54. The van der Waals surface area contributed by atoms with Crippen LogP contribution < -0.4 is 5.73 Å². The molecule has 0 spiro atoms. The first-order chi connectivity index (χ1) is 10.8. The van der Waals surface area contributed by atoms with E-state index in [1.54, 1.807) is 0 Å². The zero-order valence-corrected chi connectivity index (χ0v) is 12.3. The molecular weight excluding hydrogens is 268 g/mol. The molecule has 3 rings (SSSR count). The Bertz CT molecular complexity index is 732. The van der Waals surface area contributed by atoms with Gasteiger partial charge in [0.15, 0.2) is 0 Å². The van der Waals surface area contributed by atoms with Crippen LogP contribution in [0.5, 0.6) is 0 Å². The van der Waals surface area contributed by atoms with Crippen LogP contribution in [0.2, 0.25) is 0 Å². The molecule has 22 heavy (non-hydrogen) atoms. The Morgan fingerprint density at radius 3 is 1.86 bits per heavy atom. The zero-order chi connectivity index (χ0) is 15.2. The van der Waals surface area contributed by atoms with Gasteiger partial charge in [0, 0.05) is 6.21 Å². The maximum Gasteiger partial charge on any atom is 0.123 e. The lowest BCUT2D eigenvalue weighted by Crippen LogP contribution is -2.07. The maximum absolute atomic E-state index is 6.13. The standard InChI is InChI=1S/C20H18N2/c21-20(22-15-16-7-3-1-4-8-16)19-13-11-18(12-14-19)17-9-5-2-6-10-17/h1-15,20H,21H2/b22-15+. The van der Waals surface area contributed by atoms with Crippen molar-refractivity contribution in [2.45, 2.75) is 6.17 Å². The van der Waals surface area contributed by atoms with E-state index in [1.807, 2.05) is 66.9 Å². The Hall–Kier alpha value is -2.71. The van der Waals surface area contributed by atoms with Crippen LogP contribution in [-0.4, -0.2) is 6.21 Å². The quantitative estimate of drug-likeness (QED) is 0.708. The van der Waals surface area contributed by atoms with Gasteiger partial charge in [0.2, 0.25) is 0 Å². The van der Waals surface area contributed by atoms with E-state index >= 15 is 0 Å². The largest absolute Gasteiger partial charge is 0.306 e. The van der Waals surface area contributed by atoms with Crippen molar-refractivity contribution in [1.82, 2.24) is 0 Å². The first-order valence-electron chi connectivity index (χ1n) is 7.32. The van der Waals surface area contributed by atoms with Gasteiger partial charge in [0.25, 0.3) is 0 Å². The third-order valence-corrected chi connectivity index (χ3v) is 3.54. The summed E-state index contributed by atoms with van der Waals surface area (Å²) >= 11 is 0. The topological polar surface area (TPSA) is 38.4 Å². The SMILES string of the molecule is NC(/N=C/c1ccccc1)c1ccc(-c2ccccc2)cc1.